The number of benzene rings is 3. The van der Waals surface area contributed by atoms with Crippen LogP contribution >= 0.6 is 0 Å². The fraction of sp³-hybridized carbons (Fsp3) is 0.185. The zero-order valence-corrected chi connectivity index (χ0v) is 19.9. The van der Waals surface area contributed by atoms with Crippen LogP contribution in [0.2, 0.25) is 0 Å². The number of nitro benzene ring substituents is 1. The Bertz CT molecular complexity index is 1300. The molecule has 3 aromatic rings. The molecule has 0 saturated carbocycles. The van der Waals surface area contributed by atoms with Crippen LogP contribution in [-0.4, -0.2) is 24.0 Å². The van der Waals surface area contributed by atoms with Crippen LogP contribution in [0, 0.1) is 21.4 Å². The van der Waals surface area contributed by atoms with Crippen molar-refractivity contribution in [2.24, 2.45) is 0 Å². The quantitative estimate of drug-likeness (QED) is 0.163. The molecule has 0 saturated heterocycles. The van der Waals surface area contributed by atoms with Crippen molar-refractivity contribution < 1.29 is 23.9 Å². The zero-order chi connectivity index (χ0) is 25.9. The average molecular weight is 488 g/mol. The van der Waals surface area contributed by atoms with Gasteiger partial charge >= 0.3 is 0 Å². The van der Waals surface area contributed by atoms with Gasteiger partial charge in [-0.05, 0) is 67.4 Å². The number of nitriles is 1. The number of hydrogen-bond acceptors (Lipinski definition) is 7. The maximum atomic E-state index is 12.6. The predicted molar refractivity (Wildman–Crippen MR) is 135 cm³/mol. The molecule has 1 amide bonds. The molecule has 0 heterocycles. The second-order valence-electron chi connectivity index (χ2n) is 7.44. The summed E-state index contributed by atoms with van der Waals surface area (Å²) in [7, 11) is 0. The first-order valence-corrected chi connectivity index (χ1v) is 11.2. The van der Waals surface area contributed by atoms with Gasteiger partial charge in [-0.3, -0.25) is 14.9 Å². The Labute approximate surface area is 208 Å². The Morgan fingerprint density at radius 3 is 2.42 bits per heavy atom. The number of nitrogens with one attached hydrogen (secondary N) is 1. The summed E-state index contributed by atoms with van der Waals surface area (Å²) in [5.74, 6) is 0.979. The Morgan fingerprint density at radius 2 is 1.75 bits per heavy atom. The molecule has 0 bridgehead atoms. The first-order valence-electron chi connectivity index (χ1n) is 11.2. The number of carbonyl (C=O) groups is 1. The molecule has 36 heavy (non-hydrogen) atoms. The van der Waals surface area contributed by atoms with Crippen LogP contribution in [0.5, 0.6) is 17.2 Å². The van der Waals surface area contributed by atoms with Gasteiger partial charge < -0.3 is 19.5 Å². The van der Waals surface area contributed by atoms with Gasteiger partial charge in [0.15, 0.2) is 11.5 Å². The second kappa shape index (κ2) is 12.6. The summed E-state index contributed by atoms with van der Waals surface area (Å²) < 4.78 is 16.9. The first kappa shape index (κ1) is 25.8. The number of hydrogen-bond donors (Lipinski definition) is 1. The van der Waals surface area contributed by atoms with Crippen LogP contribution in [0.15, 0.2) is 72.3 Å². The van der Waals surface area contributed by atoms with Crippen molar-refractivity contribution in [2.45, 2.75) is 20.5 Å². The molecule has 0 fully saturated rings. The van der Waals surface area contributed by atoms with E-state index in [1.165, 1.54) is 18.2 Å². The number of ether oxygens (including phenoxy) is 3. The number of rotatable bonds is 11. The number of nitro groups is 1. The number of amides is 1. The lowest BCUT2D eigenvalue weighted by Crippen LogP contribution is -2.13. The van der Waals surface area contributed by atoms with E-state index in [9.17, 15) is 20.2 Å². The SMILES string of the molecule is CCOc1ccc(NC(=O)/C(C#N)=C\c2ccc(OCc3cccc([N+](=O)[O-])c3)c(OCC)c2)cc1. The number of anilines is 1. The van der Waals surface area contributed by atoms with Crippen molar-refractivity contribution in [3.05, 3.63) is 93.5 Å². The Kier molecular flexibility index (Phi) is 9.00. The Hall–Kier alpha value is -4.84. The molecule has 0 aliphatic carbocycles. The maximum absolute atomic E-state index is 12.6. The average Bonchev–Trinajstić information content (AvgIpc) is 2.88. The molecular formula is C27H25N3O6. The molecule has 0 spiro atoms. The molecule has 0 unspecified atom stereocenters. The monoisotopic (exact) mass is 487 g/mol. The summed E-state index contributed by atoms with van der Waals surface area (Å²) in [5.41, 5.74) is 1.63. The van der Waals surface area contributed by atoms with Crippen molar-refractivity contribution in [1.29, 1.82) is 5.26 Å². The minimum Gasteiger partial charge on any atom is -0.494 e. The molecule has 0 atom stereocenters. The van der Waals surface area contributed by atoms with Crippen molar-refractivity contribution in [1.82, 2.24) is 0 Å². The molecule has 0 radical (unpaired) electrons. The van der Waals surface area contributed by atoms with Crippen LogP contribution < -0.4 is 19.5 Å². The molecule has 1 N–H and O–H groups in total. The third-order valence-corrected chi connectivity index (χ3v) is 4.88. The first-order chi connectivity index (χ1) is 17.4. The Morgan fingerprint density at radius 1 is 1.00 bits per heavy atom. The van der Waals surface area contributed by atoms with Crippen molar-refractivity contribution in [3.63, 3.8) is 0 Å². The van der Waals surface area contributed by atoms with E-state index < -0.39 is 10.8 Å². The van der Waals surface area contributed by atoms with Gasteiger partial charge in [0.2, 0.25) is 0 Å². The molecule has 3 rings (SSSR count). The number of carbonyl (C=O) groups excluding carboxylic acids is 1. The van der Waals surface area contributed by atoms with E-state index in [1.54, 1.807) is 54.6 Å². The molecule has 184 valence electrons. The third-order valence-electron chi connectivity index (χ3n) is 4.88. The van der Waals surface area contributed by atoms with Crippen LogP contribution in [0.4, 0.5) is 11.4 Å². The predicted octanol–water partition coefficient (Wildman–Crippen LogP) is 5.52. The van der Waals surface area contributed by atoms with Crippen molar-refractivity contribution >= 4 is 23.4 Å². The van der Waals surface area contributed by atoms with E-state index >= 15 is 0 Å². The van der Waals surface area contributed by atoms with Crippen LogP contribution in [0.1, 0.15) is 25.0 Å². The van der Waals surface area contributed by atoms with Gasteiger partial charge in [-0.25, -0.2) is 0 Å². The summed E-state index contributed by atoms with van der Waals surface area (Å²) in [6, 6.07) is 20.0. The van der Waals surface area contributed by atoms with Crippen LogP contribution in [-0.2, 0) is 11.4 Å². The van der Waals surface area contributed by atoms with Gasteiger partial charge in [0.1, 0.15) is 24.0 Å². The van der Waals surface area contributed by atoms with Gasteiger partial charge in [0.25, 0.3) is 11.6 Å². The fourth-order valence-electron chi connectivity index (χ4n) is 3.24. The highest BCUT2D eigenvalue weighted by Crippen LogP contribution is 2.30. The molecule has 0 aromatic heterocycles. The van der Waals surface area contributed by atoms with Crippen molar-refractivity contribution in [3.8, 4) is 23.3 Å². The minimum atomic E-state index is -0.550. The summed E-state index contributed by atoms with van der Waals surface area (Å²) in [4.78, 5) is 23.2. The smallest absolute Gasteiger partial charge is 0.269 e. The van der Waals surface area contributed by atoms with E-state index in [0.717, 1.165) is 0 Å². The van der Waals surface area contributed by atoms with Crippen molar-refractivity contribution in [2.75, 3.05) is 18.5 Å². The fourth-order valence-corrected chi connectivity index (χ4v) is 3.24. The normalized spacial score (nSPS) is 10.8. The minimum absolute atomic E-state index is 0.0193. The van der Waals surface area contributed by atoms with Gasteiger partial charge in [-0.15, -0.1) is 0 Å². The van der Waals surface area contributed by atoms with E-state index in [2.05, 4.69) is 5.32 Å². The molecule has 9 heteroatoms. The largest absolute Gasteiger partial charge is 0.494 e. The van der Waals surface area contributed by atoms with Crippen LogP contribution in [0.25, 0.3) is 6.08 Å². The van der Waals surface area contributed by atoms with Gasteiger partial charge in [0, 0.05) is 17.8 Å². The summed E-state index contributed by atoms with van der Waals surface area (Å²) in [6.07, 6.45) is 1.46. The molecular weight excluding hydrogens is 462 g/mol. The van der Waals surface area contributed by atoms with E-state index in [1.807, 2.05) is 19.9 Å². The summed E-state index contributed by atoms with van der Waals surface area (Å²) in [6.45, 7) is 4.70. The molecule has 0 aliphatic heterocycles. The molecule has 0 aliphatic rings. The lowest BCUT2D eigenvalue weighted by Gasteiger charge is -2.13. The second-order valence-corrected chi connectivity index (χ2v) is 7.44. The summed E-state index contributed by atoms with van der Waals surface area (Å²) >= 11 is 0. The van der Waals surface area contributed by atoms with Gasteiger partial charge in [0.05, 0.1) is 18.1 Å². The highest BCUT2D eigenvalue weighted by atomic mass is 16.6. The molecule has 3 aromatic carbocycles. The lowest BCUT2D eigenvalue weighted by atomic mass is 10.1. The zero-order valence-electron chi connectivity index (χ0n) is 19.9. The topological polar surface area (TPSA) is 124 Å². The third kappa shape index (κ3) is 7.08. The van der Waals surface area contributed by atoms with Gasteiger partial charge in [-0.2, -0.15) is 5.26 Å². The molecule has 9 nitrogen and oxygen atoms in total. The summed E-state index contributed by atoms with van der Waals surface area (Å²) in [5, 5.41) is 23.2. The van der Waals surface area contributed by atoms with Gasteiger partial charge in [-0.1, -0.05) is 18.2 Å². The highest BCUT2D eigenvalue weighted by molar-refractivity contribution is 6.09. The number of non-ortho nitro benzene ring substituents is 1. The van der Waals surface area contributed by atoms with E-state index in [0.29, 0.717) is 47.3 Å². The highest BCUT2D eigenvalue weighted by Gasteiger charge is 2.13. The van der Waals surface area contributed by atoms with Crippen LogP contribution in [0.3, 0.4) is 0 Å². The Balaban J connectivity index is 1.75. The van der Waals surface area contributed by atoms with E-state index in [-0.39, 0.29) is 17.9 Å². The van der Waals surface area contributed by atoms with E-state index in [4.69, 9.17) is 14.2 Å². The standard InChI is InChI=1S/C27H25N3O6/c1-3-34-24-11-9-22(10-12-24)29-27(31)21(17-28)14-19-8-13-25(26(16-19)35-4-2)36-18-20-6-5-7-23(15-20)30(32)33/h5-16H,3-4,18H2,1-2H3,(H,29,31)/b21-14-. The lowest BCUT2D eigenvalue weighted by molar-refractivity contribution is -0.384. The maximum Gasteiger partial charge on any atom is 0.269 e. The number of nitrogens with zero attached hydrogens (tertiary/aromatic N) is 2.